The second kappa shape index (κ2) is 6.54. The number of amides is 1. The zero-order valence-electron chi connectivity index (χ0n) is 13.4. The molecule has 1 heterocycles. The minimum atomic E-state index is -0.394. The van der Waals surface area contributed by atoms with E-state index in [1.54, 1.807) is 36.4 Å². The van der Waals surface area contributed by atoms with Crippen molar-refractivity contribution >= 4 is 22.4 Å². The molecule has 1 aromatic heterocycles. The largest absolute Gasteiger partial charge is 0.492 e. The molecule has 2 aromatic carbocycles. The fourth-order valence-corrected chi connectivity index (χ4v) is 2.50. The van der Waals surface area contributed by atoms with Crippen molar-refractivity contribution in [1.29, 1.82) is 0 Å². The maximum absolute atomic E-state index is 12.7. The second-order valence-electron chi connectivity index (χ2n) is 5.21. The van der Waals surface area contributed by atoms with E-state index in [9.17, 15) is 9.59 Å². The van der Waals surface area contributed by atoms with E-state index < -0.39 is 5.91 Å². The molecule has 0 aliphatic carbocycles. The molecule has 0 bridgehead atoms. The molecule has 122 valence electrons. The number of aryl methyl sites for hydroxylation is 1. The molecule has 0 fully saturated rings. The number of ether oxygens (including phenoxy) is 1. The van der Waals surface area contributed by atoms with Gasteiger partial charge in [-0.25, -0.2) is 4.68 Å². The van der Waals surface area contributed by atoms with Crippen LogP contribution in [0.3, 0.4) is 0 Å². The number of hydrogen-bond acceptors (Lipinski definition) is 4. The Morgan fingerprint density at radius 3 is 2.54 bits per heavy atom. The quantitative estimate of drug-likeness (QED) is 0.801. The summed E-state index contributed by atoms with van der Waals surface area (Å²) in [5, 5.41) is 7.91. The van der Waals surface area contributed by atoms with Crippen LogP contribution in [0.25, 0.3) is 10.8 Å². The Balaban J connectivity index is 2.04. The molecule has 3 aromatic rings. The molecule has 1 N–H and O–H groups in total. The van der Waals surface area contributed by atoms with Crippen LogP contribution in [0.1, 0.15) is 17.4 Å². The predicted octanol–water partition coefficient (Wildman–Crippen LogP) is 2.58. The highest BCUT2D eigenvalue weighted by molar-refractivity contribution is 6.11. The van der Waals surface area contributed by atoms with E-state index in [4.69, 9.17) is 4.74 Å². The minimum absolute atomic E-state index is 0.194. The van der Waals surface area contributed by atoms with E-state index in [0.29, 0.717) is 28.8 Å². The van der Waals surface area contributed by atoms with Crippen LogP contribution in [0.2, 0.25) is 0 Å². The molecule has 6 nitrogen and oxygen atoms in total. The fraction of sp³-hybridized carbons (Fsp3) is 0.167. The van der Waals surface area contributed by atoms with E-state index in [1.807, 2.05) is 19.1 Å². The molecular formula is C18H17N3O3. The number of nitrogens with one attached hydrogen (secondary N) is 1. The SMILES string of the molecule is CCOc1ccccc1NC(=O)c1nn(C)c(=O)c2ccccc12. The van der Waals surface area contributed by atoms with Crippen LogP contribution in [0.15, 0.2) is 53.3 Å². The third kappa shape index (κ3) is 2.86. The molecule has 1 amide bonds. The number of rotatable bonds is 4. The Bertz CT molecular complexity index is 963. The third-order valence-corrected chi connectivity index (χ3v) is 3.61. The summed E-state index contributed by atoms with van der Waals surface area (Å²) in [6, 6.07) is 14.1. The molecule has 24 heavy (non-hydrogen) atoms. The second-order valence-corrected chi connectivity index (χ2v) is 5.21. The van der Waals surface area contributed by atoms with Gasteiger partial charge in [0.15, 0.2) is 5.69 Å². The Hall–Kier alpha value is -3.15. The van der Waals surface area contributed by atoms with Crippen molar-refractivity contribution < 1.29 is 9.53 Å². The first-order chi connectivity index (χ1) is 11.6. The smallest absolute Gasteiger partial charge is 0.276 e. The van der Waals surface area contributed by atoms with Gasteiger partial charge in [-0.1, -0.05) is 30.3 Å². The maximum Gasteiger partial charge on any atom is 0.276 e. The first kappa shape index (κ1) is 15.7. The van der Waals surface area contributed by atoms with Crippen LogP contribution < -0.4 is 15.6 Å². The number of carbonyl (C=O) groups is 1. The van der Waals surface area contributed by atoms with E-state index in [2.05, 4.69) is 10.4 Å². The van der Waals surface area contributed by atoms with Crippen molar-refractivity contribution in [2.24, 2.45) is 7.05 Å². The van der Waals surface area contributed by atoms with E-state index in [-0.39, 0.29) is 11.3 Å². The summed E-state index contributed by atoms with van der Waals surface area (Å²) in [5.74, 6) is 0.191. The summed E-state index contributed by atoms with van der Waals surface area (Å²) in [5.41, 5.74) is 0.514. The summed E-state index contributed by atoms with van der Waals surface area (Å²) in [4.78, 5) is 24.9. The monoisotopic (exact) mass is 323 g/mol. The Morgan fingerprint density at radius 1 is 1.12 bits per heavy atom. The number of para-hydroxylation sites is 2. The average Bonchev–Trinajstić information content (AvgIpc) is 2.60. The standard InChI is InChI=1S/C18H17N3O3/c1-3-24-15-11-7-6-10-14(15)19-17(22)16-12-8-4-5-9-13(12)18(23)21(2)20-16/h4-11H,3H2,1-2H3,(H,19,22). The van der Waals surface area contributed by atoms with Gasteiger partial charge in [0, 0.05) is 12.4 Å². The molecule has 0 aliphatic heterocycles. The lowest BCUT2D eigenvalue weighted by atomic mass is 10.1. The molecule has 0 saturated carbocycles. The number of fused-ring (bicyclic) bond motifs is 1. The number of nitrogens with zero attached hydrogens (tertiary/aromatic N) is 2. The van der Waals surface area contributed by atoms with Crippen LogP contribution in [0, 0.1) is 0 Å². The van der Waals surface area contributed by atoms with Crippen molar-refractivity contribution in [2.45, 2.75) is 6.92 Å². The molecule has 0 saturated heterocycles. The Kier molecular flexibility index (Phi) is 4.29. The molecule has 0 radical (unpaired) electrons. The van der Waals surface area contributed by atoms with Gasteiger partial charge < -0.3 is 10.1 Å². The van der Waals surface area contributed by atoms with Crippen molar-refractivity contribution in [3.8, 4) is 5.75 Å². The molecule has 6 heteroatoms. The number of benzene rings is 2. The Labute approximate surface area is 138 Å². The van der Waals surface area contributed by atoms with Crippen molar-refractivity contribution in [1.82, 2.24) is 9.78 Å². The average molecular weight is 323 g/mol. The number of aromatic nitrogens is 2. The fourth-order valence-electron chi connectivity index (χ4n) is 2.50. The zero-order chi connectivity index (χ0) is 17.1. The first-order valence-electron chi connectivity index (χ1n) is 7.61. The molecular weight excluding hydrogens is 306 g/mol. The van der Waals surface area contributed by atoms with Crippen molar-refractivity contribution in [2.75, 3.05) is 11.9 Å². The van der Waals surface area contributed by atoms with Gasteiger partial charge in [0.05, 0.1) is 17.7 Å². The first-order valence-corrected chi connectivity index (χ1v) is 7.61. The lowest BCUT2D eigenvalue weighted by Crippen LogP contribution is -2.25. The van der Waals surface area contributed by atoms with Crippen molar-refractivity contribution in [3.63, 3.8) is 0 Å². The van der Waals surface area contributed by atoms with Gasteiger partial charge >= 0.3 is 0 Å². The van der Waals surface area contributed by atoms with Crippen LogP contribution >= 0.6 is 0 Å². The minimum Gasteiger partial charge on any atom is -0.492 e. The van der Waals surface area contributed by atoms with Gasteiger partial charge in [-0.05, 0) is 25.1 Å². The lowest BCUT2D eigenvalue weighted by molar-refractivity contribution is 0.102. The molecule has 0 atom stereocenters. The predicted molar refractivity (Wildman–Crippen MR) is 92.5 cm³/mol. The summed E-state index contributed by atoms with van der Waals surface area (Å²) in [7, 11) is 1.53. The third-order valence-electron chi connectivity index (χ3n) is 3.61. The molecule has 0 unspecified atom stereocenters. The summed E-state index contributed by atoms with van der Waals surface area (Å²) >= 11 is 0. The highest BCUT2D eigenvalue weighted by atomic mass is 16.5. The highest BCUT2D eigenvalue weighted by Crippen LogP contribution is 2.24. The normalized spacial score (nSPS) is 10.6. The number of anilines is 1. The maximum atomic E-state index is 12.7. The van der Waals surface area contributed by atoms with Gasteiger partial charge in [-0.3, -0.25) is 9.59 Å². The zero-order valence-corrected chi connectivity index (χ0v) is 13.4. The van der Waals surface area contributed by atoms with Gasteiger partial charge in [-0.15, -0.1) is 0 Å². The van der Waals surface area contributed by atoms with Gasteiger partial charge in [0.1, 0.15) is 5.75 Å². The number of hydrogen-bond donors (Lipinski definition) is 1. The van der Waals surface area contributed by atoms with Crippen molar-refractivity contribution in [3.05, 3.63) is 64.6 Å². The number of carbonyl (C=O) groups excluding carboxylic acids is 1. The summed E-state index contributed by atoms with van der Waals surface area (Å²) < 4.78 is 6.69. The van der Waals surface area contributed by atoms with Gasteiger partial charge in [0.25, 0.3) is 11.5 Å². The van der Waals surface area contributed by atoms with E-state index in [1.165, 1.54) is 11.7 Å². The van der Waals surface area contributed by atoms with Crippen LogP contribution in [0.5, 0.6) is 5.75 Å². The highest BCUT2D eigenvalue weighted by Gasteiger charge is 2.17. The Morgan fingerprint density at radius 2 is 1.79 bits per heavy atom. The van der Waals surface area contributed by atoms with Gasteiger partial charge in [0.2, 0.25) is 0 Å². The lowest BCUT2D eigenvalue weighted by Gasteiger charge is -2.12. The van der Waals surface area contributed by atoms with E-state index in [0.717, 1.165) is 0 Å². The molecule has 0 spiro atoms. The topological polar surface area (TPSA) is 73.2 Å². The molecule has 3 rings (SSSR count). The van der Waals surface area contributed by atoms with Gasteiger partial charge in [-0.2, -0.15) is 5.10 Å². The van der Waals surface area contributed by atoms with Crippen LogP contribution in [0.4, 0.5) is 5.69 Å². The van der Waals surface area contributed by atoms with Crippen LogP contribution in [-0.2, 0) is 7.05 Å². The van der Waals surface area contributed by atoms with Crippen LogP contribution in [-0.4, -0.2) is 22.3 Å². The summed E-state index contributed by atoms with van der Waals surface area (Å²) in [6.45, 7) is 2.37. The summed E-state index contributed by atoms with van der Waals surface area (Å²) in [6.07, 6.45) is 0. The van der Waals surface area contributed by atoms with E-state index >= 15 is 0 Å². The molecule has 0 aliphatic rings.